The van der Waals surface area contributed by atoms with Crippen LogP contribution in [0.4, 0.5) is 0 Å². The van der Waals surface area contributed by atoms with E-state index in [1.807, 2.05) is 30.5 Å². The molecule has 0 spiro atoms. The molecule has 2 rings (SSSR count). The maximum Gasteiger partial charge on any atom is 0.313 e. The highest BCUT2D eigenvalue weighted by atomic mass is 32.2. The van der Waals surface area contributed by atoms with Gasteiger partial charge < -0.3 is 14.1 Å². The zero-order valence-corrected chi connectivity index (χ0v) is 11.0. The van der Waals surface area contributed by atoms with Gasteiger partial charge in [-0.3, -0.25) is 4.79 Å². The zero-order valence-electron chi connectivity index (χ0n) is 10.2. The smallest absolute Gasteiger partial charge is 0.313 e. The second-order valence-corrected chi connectivity index (χ2v) is 4.87. The third-order valence-corrected chi connectivity index (χ3v) is 3.57. The molecule has 0 saturated carbocycles. The first-order chi connectivity index (χ1) is 8.59. The Balaban J connectivity index is 2.26. The molecule has 5 nitrogen and oxygen atoms in total. The molecule has 0 bridgehead atoms. The van der Waals surface area contributed by atoms with Crippen LogP contribution in [0.1, 0.15) is 24.4 Å². The lowest BCUT2D eigenvalue weighted by molar-refractivity contribution is -0.133. The number of aliphatic carboxylic acids is 1. The molecule has 0 radical (unpaired) electrons. The van der Waals surface area contributed by atoms with Crippen molar-refractivity contribution >= 4 is 17.7 Å². The molecular weight excluding hydrogens is 252 g/mol. The molecule has 1 atom stereocenters. The molecule has 2 aromatic heterocycles. The molecule has 1 N–H and O–H groups in total. The molecule has 18 heavy (non-hydrogen) atoms. The second-order valence-electron chi connectivity index (χ2n) is 3.93. The summed E-state index contributed by atoms with van der Waals surface area (Å²) in [6.45, 7) is 3.94. The molecule has 96 valence electrons. The van der Waals surface area contributed by atoms with Gasteiger partial charge in [0.1, 0.15) is 5.76 Å². The Hall–Kier alpha value is -1.69. The maximum atomic E-state index is 10.6. The molecular formula is C12H14N2O3S. The van der Waals surface area contributed by atoms with Crippen LogP contribution in [-0.4, -0.2) is 26.4 Å². The summed E-state index contributed by atoms with van der Waals surface area (Å²) in [6, 6.07) is 3.73. The lowest BCUT2D eigenvalue weighted by Crippen LogP contribution is -2.10. The highest BCUT2D eigenvalue weighted by molar-refractivity contribution is 7.99. The number of imidazole rings is 1. The van der Waals surface area contributed by atoms with Crippen LogP contribution in [0, 0.1) is 6.92 Å². The first kappa shape index (κ1) is 12.8. The largest absolute Gasteiger partial charge is 0.481 e. The fraction of sp³-hybridized carbons (Fsp3) is 0.333. The van der Waals surface area contributed by atoms with E-state index in [9.17, 15) is 4.79 Å². The fourth-order valence-corrected chi connectivity index (χ4v) is 2.61. The lowest BCUT2D eigenvalue weighted by Gasteiger charge is -2.15. The highest BCUT2D eigenvalue weighted by Crippen LogP contribution is 2.27. The number of aromatic nitrogens is 2. The summed E-state index contributed by atoms with van der Waals surface area (Å²) in [7, 11) is 0. The Kier molecular flexibility index (Phi) is 3.76. The number of carbonyl (C=O) groups is 1. The number of nitrogens with zero attached hydrogens (tertiary/aromatic N) is 2. The number of aryl methyl sites for hydroxylation is 1. The van der Waals surface area contributed by atoms with Crippen molar-refractivity contribution < 1.29 is 14.3 Å². The van der Waals surface area contributed by atoms with Crippen molar-refractivity contribution in [3.05, 3.63) is 36.0 Å². The number of furan rings is 1. The Labute approximate surface area is 109 Å². The van der Waals surface area contributed by atoms with Crippen molar-refractivity contribution in [3.8, 4) is 0 Å². The van der Waals surface area contributed by atoms with Crippen molar-refractivity contribution in [3.63, 3.8) is 0 Å². The fourth-order valence-electron chi connectivity index (χ4n) is 1.78. The van der Waals surface area contributed by atoms with Gasteiger partial charge in [0.15, 0.2) is 5.16 Å². The topological polar surface area (TPSA) is 68.3 Å². The van der Waals surface area contributed by atoms with E-state index in [1.165, 1.54) is 11.8 Å². The van der Waals surface area contributed by atoms with E-state index in [0.717, 1.165) is 11.5 Å². The molecule has 2 heterocycles. The highest BCUT2D eigenvalue weighted by Gasteiger charge is 2.18. The van der Waals surface area contributed by atoms with Gasteiger partial charge in [-0.1, -0.05) is 11.8 Å². The average Bonchev–Trinajstić information content (AvgIpc) is 2.94. The van der Waals surface area contributed by atoms with E-state index in [0.29, 0.717) is 5.16 Å². The van der Waals surface area contributed by atoms with Crippen LogP contribution in [0.5, 0.6) is 0 Å². The van der Waals surface area contributed by atoms with Crippen LogP contribution < -0.4 is 0 Å². The average molecular weight is 266 g/mol. The molecule has 0 aliphatic rings. The van der Waals surface area contributed by atoms with E-state index in [2.05, 4.69) is 4.98 Å². The van der Waals surface area contributed by atoms with E-state index < -0.39 is 5.97 Å². The van der Waals surface area contributed by atoms with Gasteiger partial charge >= 0.3 is 5.97 Å². The zero-order chi connectivity index (χ0) is 13.1. The van der Waals surface area contributed by atoms with Crippen molar-refractivity contribution in [1.82, 2.24) is 9.55 Å². The summed E-state index contributed by atoms with van der Waals surface area (Å²) in [5, 5.41) is 9.41. The third kappa shape index (κ3) is 2.59. The van der Waals surface area contributed by atoms with Crippen LogP contribution in [0.15, 0.2) is 34.2 Å². The van der Waals surface area contributed by atoms with E-state index in [4.69, 9.17) is 9.52 Å². The summed E-state index contributed by atoms with van der Waals surface area (Å²) >= 11 is 1.21. The van der Waals surface area contributed by atoms with Gasteiger partial charge in [-0.2, -0.15) is 0 Å². The normalized spacial score (nSPS) is 12.6. The first-order valence-electron chi connectivity index (χ1n) is 5.51. The number of carboxylic acids is 1. The van der Waals surface area contributed by atoms with Crippen LogP contribution >= 0.6 is 11.8 Å². The number of carboxylic acid groups (broad SMARTS) is 1. The molecule has 0 aliphatic carbocycles. The maximum absolute atomic E-state index is 10.6. The predicted octanol–water partition coefficient (Wildman–Crippen LogP) is 2.57. The summed E-state index contributed by atoms with van der Waals surface area (Å²) in [5.41, 5.74) is 0.979. The van der Waals surface area contributed by atoms with Gasteiger partial charge in [-0.25, -0.2) is 4.98 Å². The van der Waals surface area contributed by atoms with Gasteiger partial charge in [-0.05, 0) is 26.0 Å². The van der Waals surface area contributed by atoms with Gasteiger partial charge in [0.05, 0.1) is 18.1 Å². The van der Waals surface area contributed by atoms with Crippen LogP contribution in [0.3, 0.4) is 0 Å². The standard InChI is InChI=1S/C12H14N2O3S/c1-8-6-13-12(18-7-11(15)16)14(8)9(2)10-4-3-5-17-10/h3-6,9H,7H2,1-2H3,(H,15,16). The van der Waals surface area contributed by atoms with Crippen molar-refractivity contribution in [2.75, 3.05) is 5.75 Å². The van der Waals surface area contributed by atoms with Gasteiger partial charge in [-0.15, -0.1) is 0 Å². The predicted molar refractivity (Wildman–Crippen MR) is 67.8 cm³/mol. The first-order valence-corrected chi connectivity index (χ1v) is 6.50. The Morgan fingerprint density at radius 3 is 3.06 bits per heavy atom. The monoisotopic (exact) mass is 266 g/mol. The molecule has 0 amide bonds. The van der Waals surface area contributed by atoms with E-state index >= 15 is 0 Å². The van der Waals surface area contributed by atoms with Crippen LogP contribution in [0.25, 0.3) is 0 Å². The Morgan fingerprint density at radius 1 is 1.67 bits per heavy atom. The van der Waals surface area contributed by atoms with Crippen molar-refractivity contribution in [2.24, 2.45) is 0 Å². The van der Waals surface area contributed by atoms with E-state index in [1.54, 1.807) is 12.5 Å². The summed E-state index contributed by atoms with van der Waals surface area (Å²) in [5.74, 6) is -0.0208. The molecule has 0 aromatic carbocycles. The number of hydrogen-bond acceptors (Lipinski definition) is 4. The third-order valence-electron chi connectivity index (χ3n) is 2.61. The molecule has 0 fully saturated rings. The number of thioether (sulfide) groups is 1. The minimum absolute atomic E-state index is 0.00112. The van der Waals surface area contributed by atoms with Crippen LogP contribution in [-0.2, 0) is 4.79 Å². The SMILES string of the molecule is Cc1cnc(SCC(=O)O)n1C(C)c1ccco1. The molecule has 0 saturated heterocycles. The minimum Gasteiger partial charge on any atom is -0.481 e. The second kappa shape index (κ2) is 5.30. The van der Waals surface area contributed by atoms with Gasteiger partial charge in [0, 0.05) is 11.9 Å². The van der Waals surface area contributed by atoms with Gasteiger partial charge in [0.25, 0.3) is 0 Å². The number of rotatable bonds is 5. The van der Waals surface area contributed by atoms with Crippen molar-refractivity contribution in [2.45, 2.75) is 25.0 Å². The van der Waals surface area contributed by atoms with Gasteiger partial charge in [0.2, 0.25) is 0 Å². The lowest BCUT2D eigenvalue weighted by atomic mass is 10.2. The minimum atomic E-state index is -0.849. The molecule has 0 aliphatic heterocycles. The van der Waals surface area contributed by atoms with E-state index in [-0.39, 0.29) is 11.8 Å². The molecule has 1 unspecified atom stereocenters. The Morgan fingerprint density at radius 2 is 2.44 bits per heavy atom. The quantitative estimate of drug-likeness (QED) is 0.842. The Bertz CT molecular complexity index is 534. The van der Waals surface area contributed by atoms with Crippen LogP contribution in [0.2, 0.25) is 0 Å². The number of hydrogen-bond donors (Lipinski definition) is 1. The molecule has 2 aromatic rings. The summed E-state index contributed by atoms with van der Waals surface area (Å²) < 4.78 is 7.36. The van der Waals surface area contributed by atoms with Crippen molar-refractivity contribution in [1.29, 1.82) is 0 Å². The molecule has 6 heteroatoms. The summed E-state index contributed by atoms with van der Waals surface area (Å²) in [6.07, 6.45) is 3.37. The summed E-state index contributed by atoms with van der Waals surface area (Å²) in [4.78, 5) is 14.9.